The summed E-state index contributed by atoms with van der Waals surface area (Å²) in [5.41, 5.74) is 0. The van der Waals surface area contributed by atoms with E-state index in [9.17, 15) is 0 Å². The van der Waals surface area contributed by atoms with Crippen LogP contribution in [0.4, 0.5) is 0 Å². The minimum absolute atomic E-state index is 0. The van der Waals surface area contributed by atoms with Crippen molar-refractivity contribution in [1.82, 2.24) is 0 Å². The summed E-state index contributed by atoms with van der Waals surface area (Å²) in [6, 6.07) is 0. The molecule has 0 amide bonds. The first-order valence-electron chi connectivity index (χ1n) is 1.26. The van der Waals surface area contributed by atoms with E-state index in [1.807, 2.05) is 0 Å². The third-order valence-corrected chi connectivity index (χ3v) is 0. The molecule has 0 atom stereocenters. The SMILES string of the molecule is O=S(=O)(O)O.O=[N+]([O-])O.[Ca+2].[SrH2]. The van der Waals surface area contributed by atoms with Crippen molar-refractivity contribution in [1.29, 1.82) is 0 Å². The molecule has 0 aromatic rings. The first-order valence-corrected chi connectivity index (χ1v) is 2.66. The number of hydrogen-bond donors (Lipinski definition) is 3. The van der Waals surface area contributed by atoms with Gasteiger partial charge in [0.15, 0.2) is 0 Å². The molecule has 0 aromatic carbocycles. The van der Waals surface area contributed by atoms with Gasteiger partial charge in [-0.1, -0.05) is 0 Å². The Kier molecular flexibility index (Phi) is 24.7. The number of nitrogens with zero attached hydrogens (tertiary/aromatic N) is 1. The van der Waals surface area contributed by atoms with Crippen LogP contribution in [0.25, 0.3) is 0 Å². The van der Waals surface area contributed by atoms with Crippen molar-refractivity contribution in [2.75, 3.05) is 0 Å². The summed E-state index contributed by atoms with van der Waals surface area (Å²) in [6.45, 7) is 0. The first kappa shape index (κ1) is 23.0. The molecule has 0 bridgehead atoms. The molecular formula is H5CaNO7SSr+2. The van der Waals surface area contributed by atoms with E-state index in [1.54, 1.807) is 0 Å². The van der Waals surface area contributed by atoms with E-state index in [0.29, 0.717) is 0 Å². The van der Waals surface area contributed by atoms with Crippen molar-refractivity contribution in [2.24, 2.45) is 0 Å². The molecule has 8 nitrogen and oxygen atoms in total. The average Bonchev–Trinajstić information content (AvgIpc) is 1.19. The molecule has 0 aliphatic heterocycles. The molecule has 11 heavy (non-hydrogen) atoms. The van der Waals surface area contributed by atoms with Gasteiger partial charge in [-0.05, 0) is 0 Å². The predicted octanol–water partition coefficient (Wildman–Crippen LogP) is -2.30. The summed E-state index contributed by atoms with van der Waals surface area (Å²) in [4.78, 5) is 8.36. The monoisotopic (exact) mass is 291 g/mol. The van der Waals surface area contributed by atoms with E-state index in [2.05, 4.69) is 0 Å². The van der Waals surface area contributed by atoms with Crippen LogP contribution < -0.4 is 0 Å². The molecular weight excluding hydrogens is 286 g/mol. The van der Waals surface area contributed by atoms with Crippen LogP contribution in [0.15, 0.2) is 0 Å². The van der Waals surface area contributed by atoms with Gasteiger partial charge in [-0.3, -0.25) is 9.11 Å². The topological polar surface area (TPSA) is 138 Å². The maximum absolute atomic E-state index is 8.74. The Balaban J connectivity index is -0.0000000383. The Morgan fingerprint density at radius 2 is 1.27 bits per heavy atom. The molecule has 0 rings (SSSR count). The molecule has 0 heterocycles. The fourth-order valence-electron chi connectivity index (χ4n) is 0. The van der Waals surface area contributed by atoms with E-state index in [1.165, 1.54) is 0 Å². The number of rotatable bonds is 0. The van der Waals surface area contributed by atoms with Gasteiger partial charge in [0, 0.05) is 0 Å². The Morgan fingerprint density at radius 3 is 1.27 bits per heavy atom. The third-order valence-electron chi connectivity index (χ3n) is 0. The molecule has 0 fully saturated rings. The molecule has 0 aromatic heterocycles. The van der Waals surface area contributed by atoms with E-state index >= 15 is 0 Å². The van der Waals surface area contributed by atoms with Gasteiger partial charge in [0.05, 0.1) is 0 Å². The molecule has 60 valence electrons. The third kappa shape index (κ3) is 347. The summed E-state index contributed by atoms with van der Waals surface area (Å²) >= 11 is 0. The van der Waals surface area contributed by atoms with Crippen LogP contribution in [0.5, 0.6) is 0 Å². The molecule has 0 spiro atoms. The van der Waals surface area contributed by atoms with E-state index in [-0.39, 0.29) is 83.2 Å². The Morgan fingerprint density at radius 1 is 1.27 bits per heavy atom. The van der Waals surface area contributed by atoms with Gasteiger partial charge < -0.3 is 5.21 Å². The molecule has 0 saturated carbocycles. The van der Waals surface area contributed by atoms with Crippen LogP contribution in [-0.4, -0.2) is 111 Å². The molecule has 0 aliphatic rings. The second-order valence-corrected chi connectivity index (χ2v) is 1.58. The Labute approximate surface area is 129 Å². The van der Waals surface area contributed by atoms with Crippen LogP contribution in [0.2, 0.25) is 0 Å². The zero-order valence-electron chi connectivity index (χ0n) is 4.54. The predicted molar refractivity (Wildman–Crippen MR) is 37.3 cm³/mol. The van der Waals surface area contributed by atoms with Crippen LogP contribution in [0.3, 0.4) is 0 Å². The van der Waals surface area contributed by atoms with Crippen molar-refractivity contribution in [3.05, 3.63) is 10.1 Å². The van der Waals surface area contributed by atoms with Crippen molar-refractivity contribution in [3.8, 4) is 0 Å². The summed E-state index contributed by atoms with van der Waals surface area (Å²) in [6.07, 6.45) is 0. The van der Waals surface area contributed by atoms with E-state index < -0.39 is 15.5 Å². The van der Waals surface area contributed by atoms with Crippen LogP contribution >= 0.6 is 0 Å². The summed E-state index contributed by atoms with van der Waals surface area (Å²) in [7, 11) is -4.67. The van der Waals surface area contributed by atoms with E-state index in [4.69, 9.17) is 32.8 Å². The second-order valence-electron chi connectivity index (χ2n) is 0.686. The van der Waals surface area contributed by atoms with Gasteiger partial charge in [-0.2, -0.15) is 8.42 Å². The summed E-state index contributed by atoms with van der Waals surface area (Å²) in [5, 5.41) is 13.6. The molecule has 0 radical (unpaired) electrons. The average molecular weight is 291 g/mol. The van der Waals surface area contributed by atoms with Gasteiger partial charge in [-0.25, -0.2) is 0 Å². The van der Waals surface area contributed by atoms with Crippen LogP contribution in [0, 0.1) is 10.1 Å². The second kappa shape index (κ2) is 11.8. The van der Waals surface area contributed by atoms with Gasteiger partial charge in [-0.15, -0.1) is 10.1 Å². The van der Waals surface area contributed by atoms with E-state index in [0.717, 1.165) is 0 Å². The maximum atomic E-state index is 8.74. The van der Waals surface area contributed by atoms with Gasteiger partial charge in [0.2, 0.25) is 0 Å². The quantitative estimate of drug-likeness (QED) is 0.197. The fourth-order valence-corrected chi connectivity index (χ4v) is 0. The van der Waals surface area contributed by atoms with Crippen molar-refractivity contribution >= 4 is 93.6 Å². The Bertz CT molecular complexity index is 161. The van der Waals surface area contributed by atoms with Gasteiger partial charge in [0.1, 0.15) is 0 Å². The van der Waals surface area contributed by atoms with Crippen LogP contribution in [0.1, 0.15) is 0 Å². The normalized spacial score (nSPS) is 7.45. The summed E-state index contributed by atoms with van der Waals surface area (Å²) < 4.78 is 31.6. The molecule has 0 aliphatic carbocycles. The summed E-state index contributed by atoms with van der Waals surface area (Å²) in [5.74, 6) is 0. The fraction of sp³-hybridized carbons (Fsp3) is 0. The standard InChI is InChI=1S/Ca.HNO3.H2O4S.Sr.2H/c;2-1(3)4;1-5(2,3)4;;;/h;(H,2,3,4);(H2,1,2,3,4);;;/q+2;;;;;. The molecule has 11 heteroatoms. The van der Waals surface area contributed by atoms with Gasteiger partial charge >= 0.3 is 93.6 Å². The molecule has 0 saturated heterocycles. The first-order chi connectivity index (χ1) is 3.73. The van der Waals surface area contributed by atoms with Crippen molar-refractivity contribution in [2.45, 2.75) is 0 Å². The molecule has 3 N–H and O–H groups in total. The zero-order valence-corrected chi connectivity index (χ0v) is 7.56. The minimum atomic E-state index is -4.67. The number of hydrogen-bond acceptors (Lipinski definition) is 4. The molecule has 0 unspecified atom stereocenters. The Hall–Kier alpha value is 1.81. The van der Waals surface area contributed by atoms with Gasteiger partial charge in [0.25, 0.3) is 5.09 Å². The van der Waals surface area contributed by atoms with Crippen molar-refractivity contribution < 1.29 is 27.8 Å². The zero-order chi connectivity index (χ0) is 8.08. The van der Waals surface area contributed by atoms with Crippen molar-refractivity contribution in [3.63, 3.8) is 0 Å². The van der Waals surface area contributed by atoms with Crippen LogP contribution in [-0.2, 0) is 10.4 Å².